The first kappa shape index (κ1) is 10.8. The second-order valence-electron chi connectivity index (χ2n) is 2.46. The number of anilines is 1. The van der Waals surface area contributed by atoms with Crippen LogP contribution in [0.3, 0.4) is 0 Å². The van der Waals surface area contributed by atoms with Crippen molar-refractivity contribution < 1.29 is 13.6 Å². The zero-order chi connectivity index (χ0) is 10.9. The van der Waals surface area contributed by atoms with Gasteiger partial charge in [-0.15, -0.1) is 0 Å². The topological polar surface area (TPSA) is 82.0 Å². The summed E-state index contributed by atoms with van der Waals surface area (Å²) in [6.07, 6.45) is -2.81. The van der Waals surface area contributed by atoms with Crippen LogP contribution >= 0.6 is 15.9 Å². The van der Waals surface area contributed by atoms with E-state index in [2.05, 4.69) is 20.9 Å². The van der Waals surface area contributed by atoms with E-state index >= 15 is 0 Å². The molecule has 76 valence electrons. The number of nitrogen functional groups attached to an aromatic ring is 1. The van der Waals surface area contributed by atoms with Crippen LogP contribution in [-0.2, 0) is 0 Å². The third-order valence-corrected chi connectivity index (χ3v) is 2.31. The van der Waals surface area contributed by atoms with E-state index in [1.165, 1.54) is 0 Å². The Hall–Kier alpha value is -1.24. The Morgan fingerprint density at radius 3 is 2.57 bits per heavy atom. The molecule has 4 N–H and O–H groups in total. The van der Waals surface area contributed by atoms with Gasteiger partial charge in [-0.3, -0.25) is 4.79 Å². The third kappa shape index (κ3) is 1.98. The SMILES string of the molecule is NC(=O)c1cc(N)nc(C(F)F)c1Br. The molecule has 4 nitrogen and oxygen atoms in total. The normalized spacial score (nSPS) is 10.6. The number of carbonyl (C=O) groups excluding carboxylic acids is 1. The second kappa shape index (κ2) is 3.87. The van der Waals surface area contributed by atoms with Gasteiger partial charge >= 0.3 is 0 Å². The molecule has 0 spiro atoms. The monoisotopic (exact) mass is 265 g/mol. The maximum atomic E-state index is 12.4. The summed E-state index contributed by atoms with van der Waals surface area (Å²) in [5.74, 6) is -1.01. The molecule has 1 amide bonds. The van der Waals surface area contributed by atoms with Crippen molar-refractivity contribution >= 4 is 27.7 Å². The first-order valence-corrected chi connectivity index (χ1v) is 4.26. The fourth-order valence-electron chi connectivity index (χ4n) is 0.894. The van der Waals surface area contributed by atoms with Crippen LogP contribution in [0.5, 0.6) is 0 Å². The predicted octanol–water partition coefficient (Wildman–Crippen LogP) is 1.46. The lowest BCUT2D eigenvalue weighted by Gasteiger charge is -2.07. The summed E-state index contributed by atoms with van der Waals surface area (Å²) in [6.45, 7) is 0. The van der Waals surface area contributed by atoms with Crippen molar-refractivity contribution in [1.29, 1.82) is 0 Å². The molecule has 7 heteroatoms. The molecule has 1 aromatic rings. The highest BCUT2D eigenvalue weighted by atomic mass is 79.9. The van der Waals surface area contributed by atoms with Crippen LogP contribution in [0.4, 0.5) is 14.6 Å². The lowest BCUT2D eigenvalue weighted by Crippen LogP contribution is -2.14. The zero-order valence-corrected chi connectivity index (χ0v) is 8.38. The number of hydrogen-bond acceptors (Lipinski definition) is 3. The second-order valence-corrected chi connectivity index (χ2v) is 3.25. The molecule has 1 heterocycles. The van der Waals surface area contributed by atoms with Gasteiger partial charge < -0.3 is 11.5 Å². The Kier molecular flexibility index (Phi) is 3.00. The van der Waals surface area contributed by atoms with E-state index in [0.717, 1.165) is 6.07 Å². The van der Waals surface area contributed by atoms with E-state index in [4.69, 9.17) is 11.5 Å². The summed E-state index contributed by atoms with van der Waals surface area (Å²) in [4.78, 5) is 14.2. The minimum atomic E-state index is -2.81. The number of amides is 1. The third-order valence-electron chi connectivity index (χ3n) is 1.48. The number of aromatic nitrogens is 1. The molecular formula is C7H6BrF2N3O. The van der Waals surface area contributed by atoms with Crippen molar-refractivity contribution in [2.75, 3.05) is 5.73 Å². The maximum Gasteiger partial charge on any atom is 0.281 e. The number of primary amides is 1. The number of alkyl halides is 2. The van der Waals surface area contributed by atoms with Crippen molar-refractivity contribution in [2.45, 2.75) is 6.43 Å². The maximum absolute atomic E-state index is 12.4. The largest absolute Gasteiger partial charge is 0.384 e. The molecular weight excluding hydrogens is 260 g/mol. The van der Waals surface area contributed by atoms with Crippen molar-refractivity contribution in [3.05, 3.63) is 21.8 Å². The predicted molar refractivity (Wildman–Crippen MR) is 49.8 cm³/mol. The van der Waals surface area contributed by atoms with Gasteiger partial charge in [0.1, 0.15) is 11.5 Å². The van der Waals surface area contributed by atoms with E-state index in [9.17, 15) is 13.6 Å². The zero-order valence-electron chi connectivity index (χ0n) is 6.80. The molecule has 0 aromatic carbocycles. The minimum absolute atomic E-state index is 0.104. The quantitative estimate of drug-likeness (QED) is 0.850. The number of pyridine rings is 1. The highest BCUT2D eigenvalue weighted by Crippen LogP contribution is 2.29. The van der Waals surface area contributed by atoms with Gasteiger partial charge in [-0.05, 0) is 22.0 Å². The molecule has 1 aromatic heterocycles. The van der Waals surface area contributed by atoms with Crippen molar-refractivity contribution in [1.82, 2.24) is 4.98 Å². The molecule has 0 radical (unpaired) electrons. The van der Waals surface area contributed by atoms with Crippen molar-refractivity contribution in [3.8, 4) is 0 Å². The van der Waals surface area contributed by atoms with Crippen LogP contribution in [-0.4, -0.2) is 10.9 Å². The molecule has 0 aliphatic heterocycles. The first-order valence-electron chi connectivity index (χ1n) is 3.47. The van der Waals surface area contributed by atoms with Crippen LogP contribution in [0, 0.1) is 0 Å². The van der Waals surface area contributed by atoms with Gasteiger partial charge in [0.05, 0.1) is 10.0 Å². The Bertz CT molecular complexity index is 383. The molecule has 0 aliphatic rings. The Labute approximate surface area is 86.4 Å². The Morgan fingerprint density at radius 2 is 2.14 bits per heavy atom. The Morgan fingerprint density at radius 1 is 1.57 bits per heavy atom. The van der Waals surface area contributed by atoms with Gasteiger partial charge in [0.2, 0.25) is 5.91 Å². The first-order chi connectivity index (χ1) is 6.43. The van der Waals surface area contributed by atoms with Gasteiger partial charge in [-0.2, -0.15) is 0 Å². The average Bonchev–Trinajstić information content (AvgIpc) is 2.07. The van der Waals surface area contributed by atoms with Crippen LogP contribution < -0.4 is 11.5 Å². The summed E-state index contributed by atoms with van der Waals surface area (Å²) >= 11 is 2.82. The molecule has 0 bridgehead atoms. The standard InChI is InChI=1S/C7H6BrF2N3O/c8-4-2(7(12)14)1-3(11)13-5(4)6(9)10/h1,6H,(H2,11,13)(H2,12,14). The highest BCUT2D eigenvalue weighted by Gasteiger charge is 2.19. The number of halogens is 3. The van der Waals surface area contributed by atoms with Crippen LogP contribution in [0.1, 0.15) is 22.5 Å². The average molecular weight is 266 g/mol. The van der Waals surface area contributed by atoms with Gasteiger partial charge in [-0.1, -0.05) is 0 Å². The summed E-state index contributed by atoms with van der Waals surface area (Å²) in [5, 5.41) is 0. The lowest BCUT2D eigenvalue weighted by atomic mass is 10.2. The molecule has 14 heavy (non-hydrogen) atoms. The molecule has 0 fully saturated rings. The molecule has 0 unspecified atom stereocenters. The van der Waals surface area contributed by atoms with Gasteiger partial charge in [0, 0.05) is 0 Å². The fourth-order valence-corrected chi connectivity index (χ4v) is 1.47. The summed E-state index contributed by atoms with van der Waals surface area (Å²) < 4.78 is 24.6. The van der Waals surface area contributed by atoms with E-state index in [-0.39, 0.29) is 15.9 Å². The van der Waals surface area contributed by atoms with E-state index < -0.39 is 18.0 Å². The van der Waals surface area contributed by atoms with Crippen LogP contribution in [0.25, 0.3) is 0 Å². The van der Waals surface area contributed by atoms with Gasteiger partial charge in [-0.25, -0.2) is 13.8 Å². The number of rotatable bonds is 2. The van der Waals surface area contributed by atoms with Gasteiger partial charge in [0.15, 0.2) is 0 Å². The van der Waals surface area contributed by atoms with Crippen molar-refractivity contribution in [2.24, 2.45) is 5.73 Å². The fraction of sp³-hybridized carbons (Fsp3) is 0.143. The smallest absolute Gasteiger partial charge is 0.281 e. The summed E-state index contributed by atoms with van der Waals surface area (Å²) in [7, 11) is 0. The molecule has 0 saturated carbocycles. The molecule has 0 saturated heterocycles. The highest BCUT2D eigenvalue weighted by molar-refractivity contribution is 9.10. The number of nitrogens with zero attached hydrogens (tertiary/aromatic N) is 1. The number of carbonyl (C=O) groups is 1. The molecule has 1 rings (SSSR count). The van der Waals surface area contributed by atoms with Gasteiger partial charge in [0.25, 0.3) is 6.43 Å². The van der Waals surface area contributed by atoms with Crippen LogP contribution in [0.2, 0.25) is 0 Å². The van der Waals surface area contributed by atoms with Crippen molar-refractivity contribution in [3.63, 3.8) is 0 Å². The van der Waals surface area contributed by atoms with E-state index in [0.29, 0.717) is 0 Å². The molecule has 0 atom stereocenters. The molecule has 0 aliphatic carbocycles. The number of nitrogens with two attached hydrogens (primary N) is 2. The lowest BCUT2D eigenvalue weighted by molar-refractivity contribution is 0.0998. The van der Waals surface area contributed by atoms with E-state index in [1.54, 1.807) is 0 Å². The van der Waals surface area contributed by atoms with E-state index in [1.807, 2.05) is 0 Å². The Balaban J connectivity index is 3.40. The summed E-state index contributed by atoms with van der Waals surface area (Å²) in [5.41, 5.74) is 9.50. The number of hydrogen-bond donors (Lipinski definition) is 2. The summed E-state index contributed by atoms with van der Waals surface area (Å²) in [6, 6.07) is 1.14. The van der Waals surface area contributed by atoms with Crippen LogP contribution in [0.15, 0.2) is 10.5 Å². The minimum Gasteiger partial charge on any atom is -0.384 e.